The zero-order valence-corrected chi connectivity index (χ0v) is 17.0. The lowest BCUT2D eigenvalue weighted by atomic mass is 9.83. The minimum absolute atomic E-state index is 0.560. The van der Waals surface area contributed by atoms with Crippen molar-refractivity contribution in [1.82, 2.24) is 24.9 Å². The molecule has 1 aromatic heterocycles. The third kappa shape index (κ3) is 4.58. The summed E-state index contributed by atoms with van der Waals surface area (Å²) in [6, 6.07) is 0.587. The van der Waals surface area contributed by atoms with Gasteiger partial charge >= 0.3 is 0 Å². The highest BCUT2D eigenvalue weighted by Crippen LogP contribution is 2.29. The fourth-order valence-corrected chi connectivity index (χ4v) is 4.69. The zero-order valence-electron chi connectivity index (χ0n) is 17.0. The SMILES string of the molecule is CN=C(NCC(C1CCCCC1)N(C)C)N1CCC(c2cnn(C)c2)C1. The number of nitrogens with zero attached hydrogens (tertiary/aromatic N) is 5. The highest BCUT2D eigenvalue weighted by molar-refractivity contribution is 5.80. The highest BCUT2D eigenvalue weighted by atomic mass is 15.3. The summed E-state index contributed by atoms with van der Waals surface area (Å²) >= 11 is 0. The number of aliphatic imine (C=N–C) groups is 1. The molecular weight excluding hydrogens is 324 g/mol. The first kappa shape index (κ1) is 19.2. The van der Waals surface area contributed by atoms with Gasteiger partial charge in [0.1, 0.15) is 0 Å². The Labute approximate surface area is 158 Å². The zero-order chi connectivity index (χ0) is 18.5. The summed E-state index contributed by atoms with van der Waals surface area (Å²) < 4.78 is 1.90. The molecule has 2 heterocycles. The summed E-state index contributed by atoms with van der Waals surface area (Å²) in [6.45, 7) is 3.08. The van der Waals surface area contributed by atoms with Gasteiger partial charge in [-0.1, -0.05) is 19.3 Å². The fourth-order valence-electron chi connectivity index (χ4n) is 4.69. The Kier molecular flexibility index (Phi) is 6.57. The first-order chi connectivity index (χ1) is 12.6. The van der Waals surface area contributed by atoms with Crippen LogP contribution in [-0.2, 0) is 7.05 Å². The normalized spacial score (nSPS) is 23.7. The molecule has 1 aliphatic heterocycles. The third-order valence-corrected chi connectivity index (χ3v) is 6.22. The Balaban J connectivity index is 1.55. The summed E-state index contributed by atoms with van der Waals surface area (Å²) in [6.07, 6.45) is 12.3. The minimum Gasteiger partial charge on any atom is -0.355 e. The summed E-state index contributed by atoms with van der Waals surface area (Å²) in [5, 5.41) is 8.01. The van der Waals surface area contributed by atoms with Crippen LogP contribution in [0.25, 0.3) is 0 Å². The number of hydrogen-bond acceptors (Lipinski definition) is 3. The van der Waals surface area contributed by atoms with Gasteiger partial charge in [0.15, 0.2) is 5.96 Å². The summed E-state index contributed by atoms with van der Waals surface area (Å²) in [5.74, 6) is 2.43. The molecule has 2 fully saturated rings. The number of guanidine groups is 1. The van der Waals surface area contributed by atoms with Crippen LogP contribution in [-0.4, -0.2) is 72.4 Å². The molecule has 1 saturated heterocycles. The van der Waals surface area contributed by atoms with E-state index in [1.54, 1.807) is 0 Å². The molecule has 1 saturated carbocycles. The monoisotopic (exact) mass is 360 g/mol. The molecule has 1 aromatic rings. The van der Waals surface area contributed by atoms with Crippen LogP contribution < -0.4 is 5.32 Å². The molecule has 0 aromatic carbocycles. The molecule has 2 unspecified atom stereocenters. The first-order valence-corrected chi connectivity index (χ1v) is 10.2. The predicted octanol–water partition coefficient (Wildman–Crippen LogP) is 2.30. The smallest absolute Gasteiger partial charge is 0.193 e. The number of hydrogen-bond donors (Lipinski definition) is 1. The summed E-state index contributed by atoms with van der Waals surface area (Å²) in [5.41, 5.74) is 1.35. The van der Waals surface area contributed by atoms with Crippen LogP contribution in [0.1, 0.15) is 50.0 Å². The Morgan fingerprint density at radius 2 is 2.08 bits per heavy atom. The molecular formula is C20H36N6. The molecule has 146 valence electrons. The molecule has 6 heteroatoms. The van der Waals surface area contributed by atoms with Gasteiger partial charge in [-0.05, 0) is 44.8 Å². The molecule has 0 bridgehead atoms. The van der Waals surface area contributed by atoms with Gasteiger partial charge in [-0.3, -0.25) is 9.67 Å². The minimum atomic E-state index is 0.560. The maximum atomic E-state index is 4.57. The first-order valence-electron chi connectivity index (χ1n) is 10.2. The van der Waals surface area contributed by atoms with E-state index in [1.165, 1.54) is 44.1 Å². The van der Waals surface area contributed by atoms with Gasteiger partial charge in [0.2, 0.25) is 0 Å². The number of aryl methyl sites for hydroxylation is 1. The van der Waals surface area contributed by atoms with Crippen LogP contribution in [0, 0.1) is 5.92 Å². The van der Waals surface area contributed by atoms with Crippen LogP contribution in [0.3, 0.4) is 0 Å². The molecule has 2 atom stereocenters. The number of aromatic nitrogens is 2. The van der Waals surface area contributed by atoms with E-state index < -0.39 is 0 Å². The molecule has 2 aliphatic rings. The fraction of sp³-hybridized carbons (Fsp3) is 0.800. The van der Waals surface area contributed by atoms with Crippen molar-refractivity contribution in [2.45, 2.75) is 50.5 Å². The van der Waals surface area contributed by atoms with Crippen molar-refractivity contribution in [2.75, 3.05) is 40.8 Å². The van der Waals surface area contributed by atoms with E-state index in [9.17, 15) is 0 Å². The van der Waals surface area contributed by atoms with E-state index in [0.717, 1.165) is 31.5 Å². The van der Waals surface area contributed by atoms with Crippen molar-refractivity contribution in [1.29, 1.82) is 0 Å². The third-order valence-electron chi connectivity index (χ3n) is 6.22. The lowest BCUT2D eigenvalue weighted by molar-refractivity contribution is 0.170. The molecule has 3 rings (SSSR count). The van der Waals surface area contributed by atoms with Crippen molar-refractivity contribution >= 4 is 5.96 Å². The van der Waals surface area contributed by atoms with E-state index in [4.69, 9.17) is 0 Å². The molecule has 6 nitrogen and oxygen atoms in total. The topological polar surface area (TPSA) is 48.7 Å². The predicted molar refractivity (Wildman–Crippen MR) is 108 cm³/mol. The summed E-state index contributed by atoms with van der Waals surface area (Å²) in [7, 11) is 8.34. The molecule has 0 amide bonds. The largest absolute Gasteiger partial charge is 0.355 e. The molecule has 0 radical (unpaired) electrons. The summed E-state index contributed by atoms with van der Waals surface area (Å²) in [4.78, 5) is 9.38. The average Bonchev–Trinajstić information content (AvgIpc) is 3.28. The lowest BCUT2D eigenvalue weighted by Crippen LogP contribution is -2.49. The van der Waals surface area contributed by atoms with E-state index in [2.05, 4.69) is 45.5 Å². The standard InChI is InChI=1S/C20H36N6/c1-21-20(22-13-19(24(2)3)16-8-6-5-7-9-16)26-11-10-17(15-26)18-12-23-25(4)14-18/h12,14,16-17,19H,5-11,13,15H2,1-4H3,(H,21,22). The van der Waals surface area contributed by atoms with Crippen molar-refractivity contribution in [3.63, 3.8) is 0 Å². The maximum Gasteiger partial charge on any atom is 0.193 e. The van der Waals surface area contributed by atoms with Crippen molar-refractivity contribution in [2.24, 2.45) is 18.0 Å². The molecule has 26 heavy (non-hydrogen) atoms. The Hall–Kier alpha value is -1.56. The van der Waals surface area contributed by atoms with Crippen LogP contribution >= 0.6 is 0 Å². The van der Waals surface area contributed by atoms with Gasteiger partial charge in [0, 0.05) is 51.9 Å². The lowest BCUT2D eigenvalue weighted by Gasteiger charge is -2.36. The van der Waals surface area contributed by atoms with E-state index >= 15 is 0 Å². The van der Waals surface area contributed by atoms with E-state index in [0.29, 0.717) is 12.0 Å². The van der Waals surface area contributed by atoms with Crippen LogP contribution in [0.5, 0.6) is 0 Å². The van der Waals surface area contributed by atoms with Gasteiger partial charge in [-0.2, -0.15) is 5.10 Å². The van der Waals surface area contributed by atoms with Crippen molar-refractivity contribution < 1.29 is 0 Å². The Morgan fingerprint density at radius 3 is 2.69 bits per heavy atom. The van der Waals surface area contributed by atoms with Crippen LogP contribution in [0.2, 0.25) is 0 Å². The Bertz CT molecular complexity index is 587. The molecule has 1 N–H and O–H groups in total. The quantitative estimate of drug-likeness (QED) is 0.647. The molecule has 0 spiro atoms. The number of rotatable bonds is 5. The van der Waals surface area contributed by atoms with Gasteiger partial charge in [0.05, 0.1) is 6.20 Å². The second-order valence-electron chi connectivity index (χ2n) is 8.24. The van der Waals surface area contributed by atoms with Gasteiger partial charge < -0.3 is 15.1 Å². The maximum absolute atomic E-state index is 4.57. The number of nitrogens with one attached hydrogen (secondary N) is 1. The number of likely N-dealkylation sites (N-methyl/N-ethyl adjacent to an activating group) is 1. The average molecular weight is 361 g/mol. The second kappa shape index (κ2) is 8.89. The highest BCUT2D eigenvalue weighted by Gasteiger charge is 2.29. The van der Waals surface area contributed by atoms with Gasteiger partial charge in [-0.25, -0.2) is 0 Å². The van der Waals surface area contributed by atoms with Crippen LogP contribution in [0.15, 0.2) is 17.4 Å². The molecule has 1 aliphatic carbocycles. The Morgan fingerprint density at radius 1 is 1.31 bits per heavy atom. The van der Waals surface area contributed by atoms with E-state index in [-0.39, 0.29) is 0 Å². The van der Waals surface area contributed by atoms with Crippen LogP contribution in [0.4, 0.5) is 0 Å². The number of likely N-dealkylation sites (tertiary alicyclic amines) is 1. The van der Waals surface area contributed by atoms with Crippen molar-refractivity contribution in [3.8, 4) is 0 Å². The van der Waals surface area contributed by atoms with Crippen molar-refractivity contribution in [3.05, 3.63) is 18.0 Å². The van der Waals surface area contributed by atoms with E-state index in [1.807, 2.05) is 25.0 Å². The van der Waals surface area contributed by atoms with Gasteiger partial charge in [-0.15, -0.1) is 0 Å². The second-order valence-corrected chi connectivity index (χ2v) is 8.24. The van der Waals surface area contributed by atoms with Gasteiger partial charge in [0.25, 0.3) is 0 Å².